The molecule has 1 aromatic heterocycles. The molecule has 5 rings (SSSR count). The fourth-order valence-electron chi connectivity index (χ4n) is 4.75. The summed E-state index contributed by atoms with van der Waals surface area (Å²) < 4.78 is 12.4. The van der Waals surface area contributed by atoms with Crippen LogP contribution in [0.5, 0.6) is 5.75 Å². The molecule has 0 unspecified atom stereocenters. The van der Waals surface area contributed by atoms with Crippen LogP contribution in [-0.2, 0) is 14.3 Å². The molecule has 0 saturated heterocycles. The van der Waals surface area contributed by atoms with Crippen molar-refractivity contribution in [2.45, 2.75) is 19.9 Å². The van der Waals surface area contributed by atoms with Crippen molar-refractivity contribution in [2.75, 3.05) is 25.2 Å². The maximum Gasteiger partial charge on any atom is 0.338 e. The van der Waals surface area contributed by atoms with E-state index in [1.54, 1.807) is 44.1 Å². The molecule has 188 valence electrons. The molecule has 0 radical (unpaired) electrons. The lowest BCUT2D eigenvalue weighted by Gasteiger charge is -2.24. The first-order valence-electron chi connectivity index (χ1n) is 11.8. The van der Waals surface area contributed by atoms with Crippen LogP contribution in [0.15, 0.2) is 82.2 Å². The van der Waals surface area contributed by atoms with Gasteiger partial charge in [-0.2, -0.15) is 0 Å². The van der Waals surface area contributed by atoms with Crippen molar-refractivity contribution >= 4 is 34.5 Å². The van der Waals surface area contributed by atoms with Crippen molar-refractivity contribution in [2.24, 2.45) is 4.99 Å². The Morgan fingerprint density at radius 1 is 1.16 bits per heavy atom. The third-order valence-electron chi connectivity index (χ3n) is 6.39. The second-order valence-electron chi connectivity index (χ2n) is 8.49. The van der Waals surface area contributed by atoms with E-state index in [1.165, 1.54) is 4.57 Å². The minimum Gasteiger partial charge on any atom is -0.497 e. The first kappa shape index (κ1) is 24.5. The number of para-hydroxylation sites is 1. The molecule has 2 aromatic carbocycles. The lowest BCUT2D eigenvalue weighted by molar-refractivity contribution is -0.139. The zero-order valence-electron chi connectivity index (χ0n) is 20.7. The second-order valence-corrected chi connectivity index (χ2v) is 9.47. The molecule has 0 fully saturated rings. The smallest absolute Gasteiger partial charge is 0.338 e. The number of methoxy groups -OCH3 is 1. The Labute approximate surface area is 217 Å². The quantitative estimate of drug-likeness (QED) is 0.372. The summed E-state index contributed by atoms with van der Waals surface area (Å²) in [6, 6.07) is 13.8. The summed E-state index contributed by atoms with van der Waals surface area (Å²) in [6.45, 7) is 7.72. The zero-order chi connectivity index (χ0) is 26.3. The fraction of sp³-hybridized carbons (Fsp3) is 0.214. The summed E-state index contributed by atoms with van der Waals surface area (Å²) in [5.74, 6) is -0.164. The van der Waals surface area contributed by atoms with Crippen molar-refractivity contribution in [1.82, 2.24) is 4.57 Å². The molecule has 3 aromatic rings. The Hall–Kier alpha value is -4.24. The fourth-order valence-corrected chi connectivity index (χ4v) is 5.89. The predicted octanol–water partition coefficient (Wildman–Crippen LogP) is 2.71. The maximum absolute atomic E-state index is 14.1. The Morgan fingerprint density at radius 2 is 1.89 bits per heavy atom. The summed E-state index contributed by atoms with van der Waals surface area (Å²) in [5, 5.41) is 0. The van der Waals surface area contributed by atoms with E-state index in [9.17, 15) is 14.4 Å². The molecule has 2 aliphatic heterocycles. The standard InChI is InChI=1S/C28H25N3O5S/c1-5-15-30-20-10-8-7-9-19(20)22(25(30)32)24-26(33)31-23(17-11-13-18(35-4)14-12-17)21(27(34)36-6-2)16(3)29-28(31)37-24/h5,7-14,23H,1,6,15H2,2-4H3/t23-/m1/s1. The van der Waals surface area contributed by atoms with Gasteiger partial charge < -0.3 is 14.4 Å². The number of anilines is 1. The highest BCUT2D eigenvalue weighted by Gasteiger charge is 2.37. The highest BCUT2D eigenvalue weighted by atomic mass is 32.1. The van der Waals surface area contributed by atoms with Crippen LogP contribution in [0, 0.1) is 0 Å². The molecule has 9 heteroatoms. The van der Waals surface area contributed by atoms with Gasteiger partial charge in [-0.25, -0.2) is 9.79 Å². The average molecular weight is 516 g/mol. The molecule has 0 bridgehead atoms. The van der Waals surface area contributed by atoms with Crippen LogP contribution in [0.2, 0.25) is 0 Å². The van der Waals surface area contributed by atoms with Gasteiger partial charge in [0, 0.05) is 12.1 Å². The van der Waals surface area contributed by atoms with Crippen molar-refractivity contribution < 1.29 is 19.1 Å². The largest absolute Gasteiger partial charge is 0.497 e. The van der Waals surface area contributed by atoms with Crippen molar-refractivity contribution in [3.63, 3.8) is 0 Å². The van der Waals surface area contributed by atoms with Crippen LogP contribution in [0.1, 0.15) is 31.0 Å². The van der Waals surface area contributed by atoms with Gasteiger partial charge in [0.25, 0.3) is 11.5 Å². The van der Waals surface area contributed by atoms with Crippen LogP contribution in [0.3, 0.4) is 0 Å². The van der Waals surface area contributed by atoms with Gasteiger partial charge in [-0.15, -0.1) is 6.58 Å². The van der Waals surface area contributed by atoms with Crippen LogP contribution < -0.4 is 24.5 Å². The molecule has 8 nitrogen and oxygen atoms in total. The van der Waals surface area contributed by atoms with Gasteiger partial charge >= 0.3 is 5.97 Å². The number of carbonyl (C=O) groups excluding carboxylic acids is 2. The van der Waals surface area contributed by atoms with E-state index in [4.69, 9.17) is 9.47 Å². The number of amides is 1. The van der Waals surface area contributed by atoms with Gasteiger partial charge in [-0.05, 0) is 37.6 Å². The van der Waals surface area contributed by atoms with E-state index in [-0.39, 0.29) is 22.6 Å². The molecule has 0 spiro atoms. The maximum atomic E-state index is 14.1. The third-order valence-corrected chi connectivity index (χ3v) is 7.44. The molecule has 37 heavy (non-hydrogen) atoms. The van der Waals surface area contributed by atoms with E-state index in [0.717, 1.165) is 17.0 Å². The number of benzene rings is 2. The van der Waals surface area contributed by atoms with Crippen LogP contribution in [-0.4, -0.2) is 36.7 Å². The van der Waals surface area contributed by atoms with Gasteiger partial charge in [0.05, 0.1) is 42.3 Å². The highest BCUT2D eigenvalue weighted by molar-refractivity contribution is 7.07. The second kappa shape index (κ2) is 9.67. The highest BCUT2D eigenvalue weighted by Crippen LogP contribution is 2.35. The minimum atomic E-state index is -0.772. The number of carbonyl (C=O) groups is 2. The van der Waals surface area contributed by atoms with E-state index in [1.807, 2.05) is 36.4 Å². The van der Waals surface area contributed by atoms with E-state index in [0.29, 0.717) is 39.5 Å². The Morgan fingerprint density at radius 3 is 2.57 bits per heavy atom. The van der Waals surface area contributed by atoms with Crippen molar-refractivity contribution in [1.29, 1.82) is 0 Å². The van der Waals surface area contributed by atoms with Gasteiger partial charge in [-0.1, -0.05) is 47.7 Å². The first-order chi connectivity index (χ1) is 17.9. The average Bonchev–Trinajstić information content (AvgIpc) is 3.36. The van der Waals surface area contributed by atoms with Gasteiger partial charge in [0.2, 0.25) is 0 Å². The lowest BCUT2D eigenvalue weighted by atomic mass is 9.96. The SMILES string of the molecule is C=CCN1C(=O)C(=c2sc3n(c2=O)[C@H](c2ccc(OC)cc2)C(C(=O)OCC)=C(C)N=3)c2ccccc21. The topological polar surface area (TPSA) is 90.2 Å². The number of thiazole rings is 1. The van der Waals surface area contributed by atoms with E-state index in [2.05, 4.69) is 11.6 Å². The normalized spacial score (nSPS) is 17.8. The molecule has 0 saturated carbocycles. The molecular formula is C28H25N3O5S. The molecular weight excluding hydrogens is 490 g/mol. The Kier molecular flexibility index (Phi) is 6.39. The summed E-state index contributed by atoms with van der Waals surface area (Å²) in [6.07, 6.45) is 1.65. The van der Waals surface area contributed by atoms with Crippen LogP contribution >= 0.6 is 11.3 Å². The molecule has 0 N–H and O–H groups in total. The van der Waals surface area contributed by atoms with E-state index >= 15 is 0 Å². The zero-order valence-corrected chi connectivity index (χ0v) is 21.5. The minimum absolute atomic E-state index is 0.184. The van der Waals surface area contributed by atoms with Gasteiger partial charge in [0.1, 0.15) is 10.3 Å². The summed E-state index contributed by atoms with van der Waals surface area (Å²) in [4.78, 5) is 47.3. The number of rotatable bonds is 6. The molecule has 2 aliphatic rings. The molecule has 3 heterocycles. The van der Waals surface area contributed by atoms with Crippen molar-refractivity contribution in [3.05, 3.63) is 103 Å². The number of allylic oxidation sites excluding steroid dienone is 1. The first-order valence-corrected chi connectivity index (χ1v) is 12.6. The molecule has 1 atom stereocenters. The summed E-state index contributed by atoms with van der Waals surface area (Å²) >= 11 is 1.15. The van der Waals surface area contributed by atoms with Crippen LogP contribution in [0.4, 0.5) is 5.69 Å². The van der Waals surface area contributed by atoms with Crippen LogP contribution in [0.25, 0.3) is 5.57 Å². The number of aromatic nitrogens is 1. The number of hydrogen-bond donors (Lipinski definition) is 0. The number of hydrogen-bond acceptors (Lipinski definition) is 7. The van der Waals surface area contributed by atoms with Crippen molar-refractivity contribution in [3.8, 4) is 5.75 Å². The number of nitrogens with zero attached hydrogens (tertiary/aromatic N) is 3. The number of ether oxygens (including phenoxy) is 2. The van der Waals surface area contributed by atoms with E-state index < -0.39 is 17.6 Å². The van der Waals surface area contributed by atoms with Gasteiger partial charge in [0.15, 0.2) is 4.80 Å². The Bertz CT molecular complexity index is 1650. The van der Waals surface area contributed by atoms with Gasteiger partial charge in [-0.3, -0.25) is 14.2 Å². The Balaban J connectivity index is 1.80. The third kappa shape index (κ3) is 3.92. The number of esters is 1. The molecule has 0 aliphatic carbocycles. The monoisotopic (exact) mass is 515 g/mol. The number of fused-ring (bicyclic) bond motifs is 2. The summed E-state index contributed by atoms with van der Waals surface area (Å²) in [7, 11) is 1.57. The predicted molar refractivity (Wildman–Crippen MR) is 141 cm³/mol. The molecule has 1 amide bonds. The lowest BCUT2D eigenvalue weighted by Crippen LogP contribution is -2.41. The summed E-state index contributed by atoms with van der Waals surface area (Å²) in [5.41, 5.74) is 2.78.